The molecule has 0 unspecified atom stereocenters. The number of unbranched alkanes of at least 4 members (excludes halogenated alkanes) is 1. The van der Waals surface area contributed by atoms with Crippen molar-refractivity contribution in [1.29, 1.82) is 0 Å². The molecule has 41 heteroatoms. The Hall–Kier alpha value is -9.26. The van der Waals surface area contributed by atoms with Gasteiger partial charge < -0.3 is 122 Å². The summed E-state index contributed by atoms with van der Waals surface area (Å²) in [6.45, 7) is 6.18. The Morgan fingerprint density at radius 3 is 1.49 bits per heavy atom. The predicted octanol–water partition coefficient (Wildman–Crippen LogP) is -8.86. The van der Waals surface area contributed by atoms with Crippen molar-refractivity contribution in [2.75, 3.05) is 44.4 Å². The summed E-state index contributed by atoms with van der Waals surface area (Å²) < 4.78 is 0. The van der Waals surface area contributed by atoms with Gasteiger partial charge in [0.2, 0.25) is 88.6 Å². The number of aliphatic hydroxyl groups excluding tert-OH is 4. The van der Waals surface area contributed by atoms with Gasteiger partial charge in [-0.2, -0.15) is 25.3 Å². The molecule has 3 rings (SSSR count). The largest absolute Gasteiger partial charge is 0.480 e. The summed E-state index contributed by atoms with van der Waals surface area (Å²) in [5, 5.41) is 79.3. The van der Waals surface area contributed by atoms with Gasteiger partial charge in [0.15, 0.2) is 0 Å². The number of aliphatic hydroxyl groups is 4. The summed E-state index contributed by atoms with van der Waals surface area (Å²) in [7, 11) is 0. The molecular weight excluding hydrogens is 1420 g/mol. The first-order valence-corrected chi connectivity index (χ1v) is 35.3. The Balaban J connectivity index is 1.82. The van der Waals surface area contributed by atoms with E-state index in [0.717, 1.165) is 11.8 Å². The maximum absolute atomic E-state index is 14.4. The van der Waals surface area contributed by atoms with Gasteiger partial charge in [0.1, 0.15) is 84.6 Å². The third-order valence-corrected chi connectivity index (χ3v) is 18.1. The lowest BCUT2D eigenvalue weighted by molar-refractivity contribution is -0.144. The fraction of sp³-hybridized carbons (Fsp3) is 0.625. The van der Waals surface area contributed by atoms with Crippen LogP contribution in [0.15, 0.2) is 30.5 Å². The molecule has 2 heterocycles. The Morgan fingerprint density at radius 2 is 0.990 bits per heavy atom. The summed E-state index contributed by atoms with van der Waals surface area (Å²) in [6.07, 6.45) is -0.891. The number of carboxylic acids is 1. The number of rotatable bonds is 46. The number of nitrogens with one attached hydrogen (secondary N) is 13. The molecule has 0 spiro atoms. The first kappa shape index (κ1) is 90.0. The summed E-state index contributed by atoms with van der Waals surface area (Å²) >= 11 is 8.37. The topological polar surface area (TPSA) is 642 Å². The SMILES string of the molecule is CC[C@H](C)[C@H](NC(=O)[C@H](C)NC(=O)[C@H](Cc1c[nH]c2ccccc12)NC(=O)[C@H](CS)NC(=O)[C@@H](NC(=O)[C@@H]1CCCN1C(=O)[C@H](CC(N)=O)NC(=O)[C@H](CC(N)=O)NC(=O)[C@H](CO)NC(=O)[C@H](CS)NC(=O)[C@@H](NC(=O)[C@@H](N)CO)[C@@H](C)CC)[C@@H](C)O)C(=O)N[C@@H](CO)C(=O)N[C@@H](CCCCN)C(=O)O. The molecule has 1 aliphatic rings. The Bertz CT molecular complexity index is 3390. The zero-order valence-corrected chi connectivity index (χ0v) is 60.9. The van der Waals surface area contributed by atoms with Gasteiger partial charge in [-0.25, -0.2) is 4.79 Å². The van der Waals surface area contributed by atoms with Crippen molar-refractivity contribution in [3.05, 3.63) is 36.0 Å². The molecule has 0 aliphatic carbocycles. The highest BCUT2D eigenvalue weighted by Gasteiger charge is 2.43. The molecule has 39 nitrogen and oxygen atoms in total. The van der Waals surface area contributed by atoms with Crippen molar-refractivity contribution in [2.24, 2.45) is 34.8 Å². The first-order chi connectivity index (χ1) is 49.6. The molecule has 17 atom stereocenters. The van der Waals surface area contributed by atoms with Crippen LogP contribution in [0.3, 0.4) is 0 Å². The van der Waals surface area contributed by atoms with Gasteiger partial charge in [-0.15, -0.1) is 0 Å². The van der Waals surface area contributed by atoms with E-state index in [2.05, 4.69) is 94.0 Å². The van der Waals surface area contributed by atoms with Crippen LogP contribution in [0, 0.1) is 11.8 Å². The summed E-state index contributed by atoms with van der Waals surface area (Å²) in [4.78, 5) is 220. The second-order valence-corrected chi connectivity index (χ2v) is 26.2. The number of nitrogens with zero attached hydrogens (tertiary/aromatic N) is 1. The zero-order valence-electron chi connectivity index (χ0n) is 59.1. The van der Waals surface area contributed by atoms with Crippen molar-refractivity contribution in [3.63, 3.8) is 0 Å². The summed E-state index contributed by atoms with van der Waals surface area (Å²) in [5.41, 5.74) is 23.2. The fourth-order valence-electron chi connectivity index (χ4n) is 10.8. The molecule has 1 fully saturated rings. The van der Waals surface area contributed by atoms with Crippen molar-refractivity contribution < 1.29 is 102 Å². The van der Waals surface area contributed by atoms with Crippen LogP contribution < -0.4 is 86.7 Å². The molecule has 2 aromatic rings. The average Bonchev–Trinajstić information content (AvgIpc) is 1.72. The van der Waals surface area contributed by atoms with Gasteiger partial charge in [0.05, 0.1) is 38.8 Å². The minimum absolute atomic E-state index is 0.00860. The third kappa shape index (κ3) is 27.6. The van der Waals surface area contributed by atoms with Gasteiger partial charge in [-0.1, -0.05) is 58.7 Å². The molecule has 0 radical (unpaired) electrons. The standard InChI is InChI=1S/C64H102N18O21S2/c1-7-29(3)48(60(98)76-42(26-85)55(93)71-37(64(102)103)16-11-12-18-65)79-51(89)31(5)70-53(91)38(20-33-23-69-36-15-10-9-14-34(33)36)72-57(95)43(27-104)78-62(100)50(32(6)86)81-59(97)45-17-13-19-82(45)63(101)40(22-47(68)88)74-54(92)39(21-46(67)87)73-56(94)41(25-84)75-58(96)44(28-105)77-61(99)49(30(4)8-2)80-52(90)35(66)24-83/h9-10,14-15,23,29-32,35,37-45,48-50,69,83-86,104-105H,7-8,11-13,16-22,24-28,65-66H2,1-6H3,(H2,67,87)(H2,68,88)(H,70,91)(H,71,93)(H,72,95)(H,73,94)(H,74,92)(H,75,96)(H,76,98)(H,77,99)(H,78,100)(H,79,89)(H,80,90)(H,81,97)(H,102,103)/t29-,30-,31-,32+,35-,37-,38-,39-,40-,41-,42-,43-,44-,45-,48-,49-,50-/m0/s1. The molecule has 586 valence electrons. The number of fused-ring (bicyclic) bond motifs is 1. The molecule has 0 bridgehead atoms. The number of amides is 15. The summed E-state index contributed by atoms with van der Waals surface area (Å²) in [5.74, 6) is -19.6. The van der Waals surface area contributed by atoms with Gasteiger partial charge in [-0.05, 0) is 76.0 Å². The van der Waals surface area contributed by atoms with Crippen LogP contribution in [0.25, 0.3) is 10.9 Å². The lowest BCUT2D eigenvalue weighted by Crippen LogP contribution is -2.62. The van der Waals surface area contributed by atoms with Gasteiger partial charge in [0, 0.05) is 41.6 Å². The molecule has 15 amide bonds. The molecule has 0 saturated carbocycles. The minimum atomic E-state index is -2.00. The molecule has 1 aromatic carbocycles. The van der Waals surface area contributed by atoms with E-state index in [4.69, 9.17) is 22.9 Å². The summed E-state index contributed by atoms with van der Waals surface area (Å²) in [6, 6.07) is -15.5. The molecule has 26 N–H and O–H groups in total. The number of hydrogen-bond acceptors (Lipinski definition) is 24. The lowest BCUT2D eigenvalue weighted by Gasteiger charge is -2.31. The first-order valence-electron chi connectivity index (χ1n) is 34.0. The van der Waals surface area contributed by atoms with E-state index in [-0.39, 0.29) is 45.2 Å². The van der Waals surface area contributed by atoms with Crippen molar-refractivity contribution in [1.82, 2.24) is 73.7 Å². The normalized spacial score (nSPS) is 17.3. The number of carbonyl (C=O) groups excluding carboxylic acids is 15. The van der Waals surface area contributed by atoms with Crippen LogP contribution in [0.4, 0.5) is 0 Å². The van der Waals surface area contributed by atoms with Crippen LogP contribution in [0.2, 0.25) is 0 Å². The van der Waals surface area contributed by atoms with E-state index in [1.807, 2.05) is 0 Å². The van der Waals surface area contributed by atoms with Crippen molar-refractivity contribution in [3.8, 4) is 0 Å². The number of hydrogen-bond donors (Lipinski definition) is 24. The predicted molar refractivity (Wildman–Crippen MR) is 381 cm³/mol. The number of para-hydroxylation sites is 1. The molecule has 1 saturated heterocycles. The lowest BCUT2D eigenvalue weighted by atomic mass is 9.97. The Kier molecular flexibility index (Phi) is 38.1. The Labute approximate surface area is 615 Å². The highest BCUT2D eigenvalue weighted by molar-refractivity contribution is 7.80. The number of primary amides is 2. The van der Waals surface area contributed by atoms with Crippen LogP contribution >= 0.6 is 25.3 Å². The second-order valence-electron chi connectivity index (χ2n) is 25.4. The van der Waals surface area contributed by atoms with Gasteiger partial charge in [0.25, 0.3) is 0 Å². The number of H-pyrrole nitrogens is 1. The third-order valence-electron chi connectivity index (χ3n) is 17.4. The smallest absolute Gasteiger partial charge is 0.326 e. The van der Waals surface area contributed by atoms with Crippen LogP contribution in [-0.4, -0.2) is 265 Å². The molecule has 1 aliphatic heterocycles. The van der Waals surface area contributed by atoms with Crippen LogP contribution in [0.1, 0.15) is 105 Å². The van der Waals surface area contributed by atoms with E-state index >= 15 is 0 Å². The van der Waals surface area contributed by atoms with Crippen molar-refractivity contribution >= 4 is 131 Å². The maximum Gasteiger partial charge on any atom is 0.326 e. The number of likely N-dealkylation sites (tertiary alicyclic amines) is 1. The van der Waals surface area contributed by atoms with Crippen LogP contribution in [-0.2, 0) is 83.1 Å². The van der Waals surface area contributed by atoms with E-state index in [0.29, 0.717) is 35.7 Å². The number of carbonyl (C=O) groups is 16. The minimum Gasteiger partial charge on any atom is -0.480 e. The number of aromatic nitrogens is 1. The average molecular weight is 1520 g/mol. The number of aromatic amines is 1. The number of carboxylic acid groups (broad SMARTS) is 1. The second kappa shape index (κ2) is 44.5. The number of benzene rings is 1. The van der Waals surface area contributed by atoms with Gasteiger partial charge >= 0.3 is 5.97 Å². The fourth-order valence-corrected chi connectivity index (χ4v) is 11.3. The van der Waals surface area contributed by atoms with E-state index in [1.165, 1.54) is 6.92 Å². The maximum atomic E-state index is 14.4. The number of nitrogens with two attached hydrogens (primary N) is 4. The zero-order chi connectivity index (χ0) is 79.1. The molecule has 1 aromatic heterocycles. The van der Waals surface area contributed by atoms with E-state index in [1.54, 1.807) is 58.2 Å². The highest BCUT2D eigenvalue weighted by Crippen LogP contribution is 2.22. The number of aliphatic carboxylic acids is 1. The van der Waals surface area contributed by atoms with E-state index in [9.17, 15) is 102 Å². The van der Waals surface area contributed by atoms with Crippen LogP contribution in [0.5, 0.6) is 0 Å². The number of thiol groups is 2. The monoisotopic (exact) mass is 1520 g/mol. The Morgan fingerprint density at radius 1 is 0.543 bits per heavy atom. The van der Waals surface area contributed by atoms with Crippen molar-refractivity contribution in [2.45, 2.75) is 196 Å². The van der Waals surface area contributed by atoms with E-state index < -0.39 is 241 Å². The quantitative estimate of drug-likeness (QED) is 0.0216. The molecule has 105 heavy (non-hydrogen) atoms. The molecular formula is C64H102N18O21S2. The highest BCUT2D eigenvalue weighted by atomic mass is 32.1. The van der Waals surface area contributed by atoms with Gasteiger partial charge in [-0.3, -0.25) is 71.9 Å².